The smallest absolute Gasteiger partial charge is 0.322 e. The van der Waals surface area contributed by atoms with Gasteiger partial charge in [0.25, 0.3) is 5.56 Å². The number of H-pyrrole nitrogens is 1. The molecule has 0 unspecified atom stereocenters. The fourth-order valence-corrected chi connectivity index (χ4v) is 3.41. The predicted octanol–water partition coefficient (Wildman–Crippen LogP) is 2.92. The highest BCUT2D eigenvalue weighted by atomic mass is 35.5. The number of anilines is 1. The summed E-state index contributed by atoms with van der Waals surface area (Å²) in [7, 11) is 4.06. The first-order chi connectivity index (χ1) is 14.4. The molecule has 0 spiro atoms. The van der Waals surface area contributed by atoms with Crippen LogP contribution in [0.4, 0.5) is 10.5 Å². The Labute approximate surface area is 181 Å². The maximum absolute atomic E-state index is 13.0. The van der Waals surface area contributed by atoms with E-state index in [2.05, 4.69) is 23.3 Å². The molecule has 3 rings (SSSR count). The van der Waals surface area contributed by atoms with Gasteiger partial charge in [-0.3, -0.25) is 4.79 Å². The molecule has 0 atom stereocenters. The van der Waals surface area contributed by atoms with E-state index in [-0.39, 0.29) is 18.1 Å². The largest absolute Gasteiger partial charge is 0.338 e. The Morgan fingerprint density at radius 2 is 1.97 bits per heavy atom. The van der Waals surface area contributed by atoms with Gasteiger partial charge in [0.1, 0.15) is 0 Å². The van der Waals surface area contributed by atoms with Crippen molar-refractivity contribution in [3.8, 4) is 0 Å². The topological polar surface area (TPSA) is 69.6 Å². The lowest BCUT2D eigenvalue weighted by Gasteiger charge is -2.23. The van der Waals surface area contributed by atoms with Gasteiger partial charge in [-0.2, -0.15) is 0 Å². The minimum atomic E-state index is -0.264. The molecule has 0 fully saturated rings. The highest BCUT2D eigenvalue weighted by molar-refractivity contribution is 6.30. The van der Waals surface area contributed by atoms with Gasteiger partial charge in [-0.05, 0) is 53.8 Å². The number of nitrogens with one attached hydrogen (secondary N) is 3. The third-order valence-corrected chi connectivity index (χ3v) is 5.23. The Hall–Kier alpha value is -2.83. The minimum Gasteiger partial charge on any atom is -0.338 e. The number of rotatable bonds is 7. The predicted molar refractivity (Wildman–Crippen MR) is 123 cm³/mol. The molecule has 0 bridgehead atoms. The summed E-state index contributed by atoms with van der Waals surface area (Å²) in [4.78, 5) is 31.4. The summed E-state index contributed by atoms with van der Waals surface area (Å²) in [5, 5.41) is 4.40. The summed E-state index contributed by atoms with van der Waals surface area (Å²) < 4.78 is 0. The van der Waals surface area contributed by atoms with Gasteiger partial charge < -0.3 is 20.1 Å². The van der Waals surface area contributed by atoms with E-state index in [4.69, 9.17) is 11.6 Å². The molecule has 0 saturated carbocycles. The third-order valence-electron chi connectivity index (χ3n) is 5.00. The number of likely N-dealkylation sites (N-methyl/N-ethyl adjacent to an activating group) is 1. The van der Waals surface area contributed by atoms with Crippen molar-refractivity contribution in [1.82, 2.24) is 9.88 Å². The number of fused-ring (bicyclic) bond motifs is 1. The van der Waals surface area contributed by atoms with Crippen molar-refractivity contribution < 1.29 is 9.69 Å². The van der Waals surface area contributed by atoms with Gasteiger partial charge in [0.2, 0.25) is 0 Å². The minimum absolute atomic E-state index is 0.176. The molecule has 30 heavy (non-hydrogen) atoms. The highest BCUT2D eigenvalue weighted by Crippen LogP contribution is 2.17. The van der Waals surface area contributed by atoms with E-state index in [0.717, 1.165) is 23.9 Å². The second-order valence-electron chi connectivity index (χ2n) is 7.72. The third kappa shape index (κ3) is 5.62. The van der Waals surface area contributed by atoms with Crippen LogP contribution in [0.3, 0.4) is 0 Å². The van der Waals surface area contributed by atoms with Crippen molar-refractivity contribution in [3.05, 3.63) is 75.0 Å². The molecule has 0 saturated heterocycles. The van der Waals surface area contributed by atoms with E-state index in [9.17, 15) is 9.59 Å². The number of pyridine rings is 1. The Bertz CT molecular complexity index is 1090. The van der Waals surface area contributed by atoms with Gasteiger partial charge in [0.05, 0.1) is 33.7 Å². The van der Waals surface area contributed by atoms with Crippen molar-refractivity contribution in [1.29, 1.82) is 0 Å². The van der Waals surface area contributed by atoms with Crippen molar-refractivity contribution in [2.75, 3.05) is 32.5 Å². The number of carbonyl (C=O) groups excluding carboxylic acids is 1. The first-order valence-corrected chi connectivity index (χ1v) is 10.5. The van der Waals surface area contributed by atoms with E-state index in [1.54, 1.807) is 29.2 Å². The standard InChI is InChI=1S/C23H27ClN4O2/c1-4-16-8-9-21-17(12-16)13-18(22(29)26-21)15-28(11-10-27(2)3)23(30)25-20-7-5-6-19(24)14-20/h5-9,12-14H,4,10-11,15H2,1-3H3,(H,25,30)(H,26,29)/p+1. The normalized spacial score (nSPS) is 11.1. The average molecular weight is 428 g/mol. The molecular formula is C23H28ClN4O2+. The van der Waals surface area contributed by atoms with Crippen LogP contribution in [0.2, 0.25) is 5.02 Å². The lowest BCUT2D eigenvalue weighted by Crippen LogP contribution is -3.06. The molecule has 0 radical (unpaired) electrons. The number of nitrogens with zero attached hydrogens (tertiary/aromatic N) is 1. The number of aromatic amines is 1. The Balaban J connectivity index is 1.87. The van der Waals surface area contributed by atoms with E-state index in [1.165, 1.54) is 10.5 Å². The summed E-state index contributed by atoms with van der Waals surface area (Å²) >= 11 is 6.03. The number of carbonyl (C=O) groups is 1. The van der Waals surface area contributed by atoms with Crippen LogP contribution in [-0.2, 0) is 13.0 Å². The molecule has 7 heteroatoms. The summed E-state index contributed by atoms with van der Waals surface area (Å²) in [5.41, 5.74) is 3.01. The number of benzene rings is 2. The average Bonchev–Trinajstić information content (AvgIpc) is 2.70. The number of halogens is 1. The summed E-state index contributed by atoms with van der Waals surface area (Å²) in [6, 6.07) is 14.7. The first-order valence-electron chi connectivity index (χ1n) is 10.1. The summed E-state index contributed by atoms with van der Waals surface area (Å²) in [6.07, 6.45) is 0.921. The second kappa shape index (κ2) is 9.78. The Kier molecular flexibility index (Phi) is 7.13. The van der Waals surface area contributed by atoms with Crippen LogP contribution < -0.4 is 15.8 Å². The van der Waals surface area contributed by atoms with Crippen LogP contribution in [0.15, 0.2) is 53.3 Å². The fraction of sp³-hybridized carbons (Fsp3) is 0.304. The van der Waals surface area contributed by atoms with E-state index >= 15 is 0 Å². The van der Waals surface area contributed by atoms with E-state index in [1.807, 2.05) is 32.3 Å². The number of aromatic nitrogens is 1. The second-order valence-corrected chi connectivity index (χ2v) is 8.15. The molecular weight excluding hydrogens is 400 g/mol. The molecule has 3 aromatic rings. The summed E-state index contributed by atoms with van der Waals surface area (Å²) in [6.45, 7) is 3.59. The van der Waals surface area contributed by atoms with Crippen LogP contribution in [0, 0.1) is 0 Å². The van der Waals surface area contributed by atoms with Gasteiger partial charge in [0, 0.05) is 21.8 Å². The first kappa shape index (κ1) is 21.9. The Morgan fingerprint density at radius 3 is 2.67 bits per heavy atom. The molecule has 3 N–H and O–H groups in total. The maximum Gasteiger partial charge on any atom is 0.322 e. The van der Waals surface area contributed by atoms with Gasteiger partial charge in [-0.1, -0.05) is 30.7 Å². The monoisotopic (exact) mass is 427 g/mol. The SMILES string of the molecule is CCc1ccc2[nH]c(=O)c(CN(CC[NH+](C)C)C(=O)Nc3cccc(Cl)c3)cc2c1. The molecule has 0 aliphatic rings. The molecule has 158 valence electrons. The number of urea groups is 1. The number of quaternary nitrogens is 1. The zero-order valence-electron chi connectivity index (χ0n) is 17.6. The molecule has 0 aliphatic heterocycles. The number of aryl methyl sites for hydroxylation is 1. The molecule has 1 heterocycles. The van der Waals surface area contributed by atoms with Gasteiger partial charge >= 0.3 is 6.03 Å². The highest BCUT2D eigenvalue weighted by Gasteiger charge is 2.18. The van der Waals surface area contributed by atoms with Gasteiger partial charge in [-0.15, -0.1) is 0 Å². The van der Waals surface area contributed by atoms with E-state index < -0.39 is 0 Å². The molecule has 0 aliphatic carbocycles. The van der Waals surface area contributed by atoms with Crippen LogP contribution in [0.5, 0.6) is 0 Å². The van der Waals surface area contributed by atoms with E-state index in [0.29, 0.717) is 22.8 Å². The number of hydrogen-bond donors (Lipinski definition) is 3. The molecule has 6 nitrogen and oxygen atoms in total. The van der Waals surface area contributed by atoms with Gasteiger partial charge in [-0.25, -0.2) is 4.79 Å². The maximum atomic E-state index is 13.0. The lowest BCUT2D eigenvalue weighted by molar-refractivity contribution is -0.857. The lowest BCUT2D eigenvalue weighted by atomic mass is 10.1. The Morgan fingerprint density at radius 1 is 1.17 bits per heavy atom. The van der Waals surface area contributed by atoms with Crippen molar-refractivity contribution in [2.45, 2.75) is 19.9 Å². The fourth-order valence-electron chi connectivity index (χ4n) is 3.22. The van der Waals surface area contributed by atoms with Crippen LogP contribution >= 0.6 is 11.6 Å². The zero-order chi connectivity index (χ0) is 21.7. The van der Waals surface area contributed by atoms with Crippen molar-refractivity contribution >= 4 is 34.2 Å². The quantitative estimate of drug-likeness (QED) is 0.542. The van der Waals surface area contributed by atoms with Crippen LogP contribution in [-0.4, -0.2) is 43.1 Å². The molecule has 1 aromatic heterocycles. The van der Waals surface area contributed by atoms with Crippen LogP contribution in [0.25, 0.3) is 10.9 Å². The summed E-state index contributed by atoms with van der Waals surface area (Å²) in [5.74, 6) is 0. The molecule has 2 aromatic carbocycles. The number of hydrogen-bond acceptors (Lipinski definition) is 2. The zero-order valence-corrected chi connectivity index (χ0v) is 18.3. The van der Waals surface area contributed by atoms with Crippen LogP contribution in [0.1, 0.15) is 18.1 Å². The van der Waals surface area contributed by atoms with Crippen molar-refractivity contribution in [2.24, 2.45) is 0 Å². The van der Waals surface area contributed by atoms with Crippen molar-refractivity contribution in [3.63, 3.8) is 0 Å². The van der Waals surface area contributed by atoms with Gasteiger partial charge in [0.15, 0.2) is 0 Å². The molecule has 2 amide bonds. The number of amides is 2.